The Bertz CT molecular complexity index is 454. The summed E-state index contributed by atoms with van der Waals surface area (Å²) in [5.41, 5.74) is 7.27. The molecule has 19 heavy (non-hydrogen) atoms. The highest BCUT2D eigenvalue weighted by Gasteiger charge is 2.17. The summed E-state index contributed by atoms with van der Waals surface area (Å²) in [6.07, 6.45) is 1.52. The number of amidine groups is 1. The third-order valence-corrected chi connectivity index (χ3v) is 3.52. The van der Waals surface area contributed by atoms with Gasteiger partial charge in [-0.05, 0) is 30.5 Å². The molecule has 1 aromatic rings. The summed E-state index contributed by atoms with van der Waals surface area (Å²) in [6, 6.07) is 5.74. The van der Waals surface area contributed by atoms with Gasteiger partial charge in [0.1, 0.15) is 11.6 Å². The van der Waals surface area contributed by atoms with Gasteiger partial charge in [0.05, 0.1) is 18.8 Å². The second-order valence-electron chi connectivity index (χ2n) is 4.96. The Balaban J connectivity index is 2.07. The zero-order valence-electron chi connectivity index (χ0n) is 11.2. The average Bonchev–Trinajstić information content (AvgIpc) is 2.41. The van der Waals surface area contributed by atoms with Crippen LogP contribution in [0.2, 0.25) is 0 Å². The summed E-state index contributed by atoms with van der Waals surface area (Å²) in [6.45, 7) is 2.66. The molecule has 1 fully saturated rings. The fourth-order valence-electron chi connectivity index (χ4n) is 2.39. The Labute approximate surface area is 113 Å². The molecule has 0 aliphatic carbocycles. The fraction of sp³-hybridized carbons (Fsp3) is 0.500. The number of piperidine rings is 1. The SMILES string of the molecule is COc1cc(CN2CCC(O)CC2)ccc1C(=N)N. The molecule has 0 radical (unpaired) electrons. The monoisotopic (exact) mass is 263 g/mol. The molecule has 1 aliphatic heterocycles. The molecule has 1 saturated heterocycles. The summed E-state index contributed by atoms with van der Waals surface area (Å²) in [4.78, 5) is 2.31. The van der Waals surface area contributed by atoms with Crippen molar-refractivity contribution in [1.82, 2.24) is 4.90 Å². The van der Waals surface area contributed by atoms with Crippen molar-refractivity contribution in [2.45, 2.75) is 25.5 Å². The van der Waals surface area contributed by atoms with E-state index in [0.29, 0.717) is 11.3 Å². The van der Waals surface area contributed by atoms with Crippen molar-refractivity contribution in [3.8, 4) is 5.75 Å². The maximum atomic E-state index is 9.49. The Morgan fingerprint density at radius 1 is 1.47 bits per heavy atom. The molecule has 1 aromatic carbocycles. The van der Waals surface area contributed by atoms with Crippen molar-refractivity contribution in [3.05, 3.63) is 29.3 Å². The van der Waals surface area contributed by atoms with Crippen molar-refractivity contribution in [2.75, 3.05) is 20.2 Å². The normalized spacial score (nSPS) is 17.4. The van der Waals surface area contributed by atoms with Crippen molar-refractivity contribution in [2.24, 2.45) is 5.73 Å². The van der Waals surface area contributed by atoms with Crippen LogP contribution >= 0.6 is 0 Å². The highest BCUT2D eigenvalue weighted by atomic mass is 16.5. The number of hydrogen-bond donors (Lipinski definition) is 3. The number of ether oxygens (including phenoxy) is 1. The lowest BCUT2D eigenvalue weighted by Crippen LogP contribution is -2.35. The number of nitrogens with zero attached hydrogens (tertiary/aromatic N) is 1. The van der Waals surface area contributed by atoms with Crippen LogP contribution < -0.4 is 10.5 Å². The number of aliphatic hydroxyl groups is 1. The molecule has 0 aromatic heterocycles. The molecular formula is C14H21N3O2. The first kappa shape index (κ1) is 13.8. The van der Waals surface area contributed by atoms with Gasteiger partial charge in [-0.25, -0.2) is 0 Å². The lowest BCUT2D eigenvalue weighted by atomic mass is 10.1. The number of hydrogen-bond acceptors (Lipinski definition) is 4. The van der Waals surface area contributed by atoms with E-state index in [0.717, 1.165) is 38.0 Å². The molecule has 1 aliphatic rings. The summed E-state index contributed by atoms with van der Waals surface area (Å²) in [7, 11) is 1.59. The number of nitrogen functional groups attached to an aromatic ring is 1. The lowest BCUT2D eigenvalue weighted by molar-refractivity contribution is 0.0792. The second kappa shape index (κ2) is 6.04. The van der Waals surface area contributed by atoms with Crippen molar-refractivity contribution in [1.29, 1.82) is 5.41 Å². The standard InChI is InChI=1S/C14H21N3O2/c1-19-13-8-10(2-3-12(13)14(15)16)9-17-6-4-11(18)5-7-17/h2-3,8,11,18H,4-7,9H2,1H3,(H3,15,16). The van der Waals surface area contributed by atoms with Crippen LogP contribution in [-0.4, -0.2) is 42.1 Å². The zero-order valence-corrected chi connectivity index (χ0v) is 11.2. The van der Waals surface area contributed by atoms with E-state index in [4.69, 9.17) is 15.9 Å². The number of methoxy groups -OCH3 is 1. The molecule has 0 amide bonds. The first-order chi connectivity index (χ1) is 9.10. The number of nitrogens with two attached hydrogens (primary N) is 1. The van der Waals surface area contributed by atoms with Gasteiger partial charge in [-0.1, -0.05) is 6.07 Å². The van der Waals surface area contributed by atoms with Crippen LogP contribution in [0.4, 0.5) is 0 Å². The van der Waals surface area contributed by atoms with Gasteiger partial charge in [0, 0.05) is 19.6 Å². The van der Waals surface area contributed by atoms with Gasteiger partial charge in [-0.15, -0.1) is 0 Å². The smallest absolute Gasteiger partial charge is 0.130 e. The summed E-state index contributed by atoms with van der Waals surface area (Å²) >= 11 is 0. The molecule has 2 rings (SSSR count). The molecule has 5 heteroatoms. The van der Waals surface area contributed by atoms with Crippen molar-refractivity contribution in [3.63, 3.8) is 0 Å². The molecule has 0 unspecified atom stereocenters. The van der Waals surface area contributed by atoms with E-state index in [1.165, 1.54) is 0 Å². The third kappa shape index (κ3) is 3.45. The minimum Gasteiger partial charge on any atom is -0.496 e. The first-order valence-electron chi connectivity index (χ1n) is 6.52. The van der Waals surface area contributed by atoms with E-state index in [2.05, 4.69) is 4.90 Å². The van der Waals surface area contributed by atoms with Crippen LogP contribution in [0, 0.1) is 5.41 Å². The van der Waals surface area contributed by atoms with Gasteiger partial charge in [-0.3, -0.25) is 10.3 Å². The Hall–Kier alpha value is -1.59. The Morgan fingerprint density at radius 2 is 2.16 bits per heavy atom. The van der Waals surface area contributed by atoms with Gasteiger partial charge in [0.2, 0.25) is 0 Å². The van der Waals surface area contributed by atoms with Crippen LogP contribution in [0.3, 0.4) is 0 Å². The van der Waals surface area contributed by atoms with E-state index in [1.807, 2.05) is 18.2 Å². The highest BCUT2D eigenvalue weighted by molar-refractivity contribution is 5.97. The fourth-order valence-corrected chi connectivity index (χ4v) is 2.39. The number of nitrogens with one attached hydrogen (secondary N) is 1. The maximum absolute atomic E-state index is 9.49. The minimum atomic E-state index is -0.147. The van der Waals surface area contributed by atoms with Crippen molar-refractivity contribution >= 4 is 5.84 Å². The van der Waals surface area contributed by atoms with E-state index >= 15 is 0 Å². The van der Waals surface area contributed by atoms with Gasteiger partial charge in [-0.2, -0.15) is 0 Å². The van der Waals surface area contributed by atoms with Crippen LogP contribution in [0.1, 0.15) is 24.0 Å². The molecule has 5 nitrogen and oxygen atoms in total. The van der Waals surface area contributed by atoms with Crippen LogP contribution in [0.25, 0.3) is 0 Å². The Morgan fingerprint density at radius 3 is 2.74 bits per heavy atom. The van der Waals surface area contributed by atoms with Gasteiger partial charge in [0.25, 0.3) is 0 Å². The summed E-state index contributed by atoms with van der Waals surface area (Å²) < 4.78 is 5.27. The second-order valence-corrected chi connectivity index (χ2v) is 4.96. The molecule has 104 valence electrons. The zero-order chi connectivity index (χ0) is 13.8. The Kier molecular flexibility index (Phi) is 4.39. The number of benzene rings is 1. The van der Waals surface area contributed by atoms with Crippen LogP contribution in [-0.2, 0) is 6.54 Å². The summed E-state index contributed by atoms with van der Waals surface area (Å²) in [5, 5.41) is 17.0. The molecule has 4 N–H and O–H groups in total. The van der Waals surface area contributed by atoms with Gasteiger partial charge >= 0.3 is 0 Å². The minimum absolute atomic E-state index is 0.0181. The molecule has 0 bridgehead atoms. The van der Waals surface area contributed by atoms with Gasteiger partial charge < -0.3 is 15.6 Å². The largest absolute Gasteiger partial charge is 0.496 e. The lowest BCUT2D eigenvalue weighted by Gasteiger charge is -2.29. The molecule has 0 atom stereocenters. The number of likely N-dealkylation sites (tertiary alicyclic amines) is 1. The number of aliphatic hydroxyl groups excluding tert-OH is 1. The topological polar surface area (TPSA) is 82.6 Å². The van der Waals surface area contributed by atoms with Crippen LogP contribution in [0.5, 0.6) is 5.75 Å². The third-order valence-electron chi connectivity index (χ3n) is 3.52. The predicted molar refractivity (Wildman–Crippen MR) is 74.5 cm³/mol. The quantitative estimate of drug-likeness (QED) is 0.557. The number of rotatable bonds is 4. The van der Waals surface area contributed by atoms with E-state index in [1.54, 1.807) is 7.11 Å². The van der Waals surface area contributed by atoms with E-state index in [-0.39, 0.29) is 11.9 Å². The highest BCUT2D eigenvalue weighted by Crippen LogP contribution is 2.21. The molecule has 1 heterocycles. The van der Waals surface area contributed by atoms with E-state index < -0.39 is 0 Å². The van der Waals surface area contributed by atoms with Gasteiger partial charge in [0.15, 0.2) is 0 Å². The maximum Gasteiger partial charge on any atom is 0.130 e. The van der Waals surface area contributed by atoms with Crippen LogP contribution in [0.15, 0.2) is 18.2 Å². The molecular weight excluding hydrogens is 242 g/mol. The molecule has 0 saturated carbocycles. The predicted octanol–water partition coefficient (Wildman–Crippen LogP) is 0.936. The van der Waals surface area contributed by atoms with Crippen molar-refractivity contribution < 1.29 is 9.84 Å². The first-order valence-corrected chi connectivity index (χ1v) is 6.52. The van der Waals surface area contributed by atoms with E-state index in [9.17, 15) is 5.11 Å². The molecule has 0 spiro atoms. The summed E-state index contributed by atoms with van der Waals surface area (Å²) in [5.74, 6) is 0.659. The average molecular weight is 263 g/mol.